The van der Waals surface area contributed by atoms with E-state index in [-0.39, 0.29) is 17.4 Å². The lowest BCUT2D eigenvalue weighted by Gasteiger charge is -2.09. The number of hydrogen-bond donors (Lipinski definition) is 2. The quantitative estimate of drug-likeness (QED) is 0.815. The number of ether oxygens (including phenoxy) is 1. The number of aryl methyl sites for hydroxylation is 1. The Hall–Kier alpha value is -1.90. The van der Waals surface area contributed by atoms with Crippen molar-refractivity contribution in [1.29, 1.82) is 0 Å². The summed E-state index contributed by atoms with van der Waals surface area (Å²) < 4.78 is 33.4. The molecule has 0 spiro atoms. The highest BCUT2D eigenvalue weighted by Gasteiger charge is 2.21. The number of sulfonamides is 1. The first-order chi connectivity index (χ1) is 9.94. The van der Waals surface area contributed by atoms with Gasteiger partial charge >= 0.3 is 0 Å². The summed E-state index contributed by atoms with van der Waals surface area (Å²) >= 11 is 0. The molecule has 0 unspecified atom stereocenters. The van der Waals surface area contributed by atoms with Crippen LogP contribution in [-0.4, -0.2) is 25.1 Å². The van der Waals surface area contributed by atoms with Crippen LogP contribution in [0.1, 0.15) is 11.1 Å². The maximum atomic E-state index is 12.2. The van der Waals surface area contributed by atoms with E-state index in [1.165, 1.54) is 10.9 Å². The Morgan fingerprint density at radius 2 is 2.10 bits per heavy atom. The number of anilines is 1. The molecule has 3 N–H and O–H groups in total. The lowest BCUT2D eigenvalue weighted by atomic mass is 10.1. The number of nitrogens with two attached hydrogens (primary N) is 1. The number of aromatic nitrogens is 2. The first-order valence-electron chi connectivity index (χ1n) is 6.27. The van der Waals surface area contributed by atoms with Crippen LogP contribution >= 0.6 is 0 Å². The molecule has 2 aromatic rings. The standard InChI is InChI=1S/C13H18N4O3S/c1-17-9-15-12(14)13(17)21(18,19)16-7-10-4-3-5-11(6-10)8-20-2/h3-6,9,16H,7-8,14H2,1-2H3. The Morgan fingerprint density at radius 1 is 1.38 bits per heavy atom. The molecule has 0 amide bonds. The fourth-order valence-electron chi connectivity index (χ4n) is 2.01. The van der Waals surface area contributed by atoms with Gasteiger partial charge in [-0.15, -0.1) is 0 Å². The molecule has 0 aliphatic heterocycles. The van der Waals surface area contributed by atoms with E-state index in [0.29, 0.717) is 6.61 Å². The number of nitrogen functional groups attached to an aromatic ring is 1. The fourth-order valence-corrected chi connectivity index (χ4v) is 3.25. The average Bonchev–Trinajstić information content (AvgIpc) is 2.78. The van der Waals surface area contributed by atoms with Crippen LogP contribution in [0.3, 0.4) is 0 Å². The summed E-state index contributed by atoms with van der Waals surface area (Å²) in [6, 6.07) is 7.50. The van der Waals surface area contributed by atoms with Crippen molar-refractivity contribution in [2.45, 2.75) is 18.2 Å². The summed E-state index contributed by atoms with van der Waals surface area (Å²) in [5, 5.41) is -0.0319. The van der Waals surface area contributed by atoms with E-state index >= 15 is 0 Å². The Labute approximate surface area is 123 Å². The van der Waals surface area contributed by atoms with Crippen LogP contribution < -0.4 is 10.5 Å². The molecular weight excluding hydrogens is 292 g/mol. The fraction of sp³-hybridized carbons (Fsp3) is 0.308. The highest BCUT2D eigenvalue weighted by Crippen LogP contribution is 2.15. The summed E-state index contributed by atoms with van der Waals surface area (Å²) in [6.07, 6.45) is 1.36. The van der Waals surface area contributed by atoms with E-state index in [2.05, 4.69) is 9.71 Å². The van der Waals surface area contributed by atoms with Gasteiger partial charge in [0.1, 0.15) is 0 Å². The van der Waals surface area contributed by atoms with Crippen LogP contribution in [0, 0.1) is 0 Å². The second-order valence-electron chi connectivity index (χ2n) is 4.62. The average molecular weight is 310 g/mol. The summed E-state index contributed by atoms with van der Waals surface area (Å²) in [4.78, 5) is 3.78. The zero-order chi connectivity index (χ0) is 15.5. The van der Waals surface area contributed by atoms with Gasteiger partial charge in [0.05, 0.1) is 12.9 Å². The molecule has 8 heteroatoms. The number of nitrogens with one attached hydrogen (secondary N) is 1. The predicted octanol–water partition coefficient (Wildman–Crippen LogP) is 0.627. The smallest absolute Gasteiger partial charge is 0.260 e. The third kappa shape index (κ3) is 3.60. The van der Waals surface area contributed by atoms with Crippen LogP contribution in [0.15, 0.2) is 35.6 Å². The predicted molar refractivity (Wildman–Crippen MR) is 78.8 cm³/mol. The molecule has 1 aromatic heterocycles. The molecule has 0 radical (unpaired) electrons. The minimum absolute atomic E-state index is 0.0156. The Kier molecular flexibility index (Phi) is 4.61. The SMILES string of the molecule is COCc1cccc(CNS(=O)(=O)c2c(N)ncn2C)c1. The Balaban J connectivity index is 2.14. The van der Waals surface area contributed by atoms with E-state index in [1.807, 2.05) is 24.3 Å². The molecule has 21 heavy (non-hydrogen) atoms. The zero-order valence-corrected chi connectivity index (χ0v) is 12.7. The number of methoxy groups -OCH3 is 1. The second kappa shape index (κ2) is 6.25. The van der Waals surface area contributed by atoms with Gasteiger partial charge in [0.15, 0.2) is 10.8 Å². The molecule has 114 valence electrons. The minimum atomic E-state index is -3.71. The van der Waals surface area contributed by atoms with Crippen molar-refractivity contribution in [1.82, 2.24) is 14.3 Å². The highest BCUT2D eigenvalue weighted by molar-refractivity contribution is 7.89. The van der Waals surface area contributed by atoms with E-state index in [4.69, 9.17) is 10.5 Å². The number of rotatable bonds is 6. The number of benzene rings is 1. The van der Waals surface area contributed by atoms with Crippen molar-refractivity contribution >= 4 is 15.8 Å². The molecule has 1 heterocycles. The lowest BCUT2D eigenvalue weighted by Crippen LogP contribution is -2.26. The number of hydrogen-bond acceptors (Lipinski definition) is 5. The van der Waals surface area contributed by atoms with Crippen LogP contribution in [0.4, 0.5) is 5.82 Å². The van der Waals surface area contributed by atoms with Crippen molar-refractivity contribution in [3.8, 4) is 0 Å². The summed E-state index contributed by atoms with van der Waals surface area (Å²) in [6.45, 7) is 0.653. The lowest BCUT2D eigenvalue weighted by molar-refractivity contribution is 0.185. The maximum absolute atomic E-state index is 12.2. The van der Waals surface area contributed by atoms with Crippen molar-refractivity contribution in [2.24, 2.45) is 7.05 Å². The highest BCUT2D eigenvalue weighted by atomic mass is 32.2. The van der Waals surface area contributed by atoms with Crippen molar-refractivity contribution < 1.29 is 13.2 Å². The summed E-state index contributed by atoms with van der Waals surface area (Å²) in [7, 11) is -0.515. The maximum Gasteiger partial charge on any atom is 0.260 e. The van der Waals surface area contributed by atoms with Crippen LogP contribution in [0.2, 0.25) is 0 Å². The van der Waals surface area contributed by atoms with Gasteiger partial charge in [0, 0.05) is 20.7 Å². The largest absolute Gasteiger partial charge is 0.381 e. The van der Waals surface area contributed by atoms with Gasteiger partial charge in [-0.3, -0.25) is 0 Å². The van der Waals surface area contributed by atoms with Gasteiger partial charge in [-0.1, -0.05) is 24.3 Å². The van der Waals surface area contributed by atoms with Crippen LogP contribution in [0.5, 0.6) is 0 Å². The molecule has 0 aliphatic rings. The van der Waals surface area contributed by atoms with Gasteiger partial charge in [-0.05, 0) is 11.1 Å². The third-order valence-corrected chi connectivity index (χ3v) is 4.46. The normalized spacial score (nSPS) is 11.7. The minimum Gasteiger partial charge on any atom is -0.381 e. The van der Waals surface area contributed by atoms with Gasteiger partial charge in [-0.25, -0.2) is 18.1 Å². The molecule has 2 rings (SSSR count). The Morgan fingerprint density at radius 3 is 2.71 bits per heavy atom. The summed E-state index contributed by atoms with van der Waals surface area (Å²) in [5.74, 6) is -0.0156. The molecule has 0 atom stereocenters. The first kappa shape index (κ1) is 15.5. The van der Waals surface area contributed by atoms with E-state index in [0.717, 1.165) is 11.1 Å². The van der Waals surface area contributed by atoms with E-state index < -0.39 is 10.0 Å². The van der Waals surface area contributed by atoms with E-state index in [9.17, 15) is 8.42 Å². The molecule has 1 aromatic carbocycles. The van der Waals surface area contributed by atoms with Gasteiger partial charge in [0.25, 0.3) is 10.0 Å². The van der Waals surface area contributed by atoms with Gasteiger partial charge < -0.3 is 15.0 Å². The van der Waals surface area contributed by atoms with Crippen LogP contribution in [0.25, 0.3) is 0 Å². The molecule has 0 saturated heterocycles. The zero-order valence-electron chi connectivity index (χ0n) is 11.9. The first-order valence-corrected chi connectivity index (χ1v) is 7.75. The topological polar surface area (TPSA) is 99.2 Å². The van der Waals surface area contributed by atoms with Crippen molar-refractivity contribution in [3.05, 3.63) is 41.7 Å². The second-order valence-corrected chi connectivity index (χ2v) is 6.31. The Bertz CT molecular complexity index is 705. The van der Waals surface area contributed by atoms with Crippen molar-refractivity contribution in [3.63, 3.8) is 0 Å². The van der Waals surface area contributed by atoms with Gasteiger partial charge in [0.2, 0.25) is 0 Å². The van der Waals surface area contributed by atoms with Crippen molar-refractivity contribution in [2.75, 3.05) is 12.8 Å². The summed E-state index contributed by atoms with van der Waals surface area (Å²) in [5.41, 5.74) is 7.41. The number of imidazole rings is 1. The monoisotopic (exact) mass is 310 g/mol. The molecule has 0 bridgehead atoms. The molecule has 0 saturated carbocycles. The molecule has 7 nitrogen and oxygen atoms in total. The molecular formula is C13H18N4O3S. The van der Waals surface area contributed by atoms with Crippen LogP contribution in [-0.2, 0) is 35.0 Å². The molecule has 0 aliphatic carbocycles. The number of nitrogens with zero attached hydrogens (tertiary/aromatic N) is 2. The third-order valence-electron chi connectivity index (χ3n) is 2.93. The molecule has 0 fully saturated rings. The van der Waals surface area contributed by atoms with Gasteiger partial charge in [-0.2, -0.15) is 0 Å². The van der Waals surface area contributed by atoms with E-state index in [1.54, 1.807) is 14.2 Å².